The lowest BCUT2D eigenvalue weighted by atomic mass is 9.95. The van der Waals surface area contributed by atoms with E-state index in [-0.39, 0.29) is 0 Å². The van der Waals surface area contributed by atoms with Gasteiger partial charge in [0.1, 0.15) is 0 Å². The van der Waals surface area contributed by atoms with Crippen molar-refractivity contribution >= 4 is 0 Å². The highest BCUT2D eigenvalue weighted by molar-refractivity contribution is 5.33. The zero-order valence-corrected chi connectivity index (χ0v) is 11.1. The molecule has 0 atom stereocenters. The molecule has 1 heteroatoms. The Bertz CT molecular complexity index is 254. The lowest BCUT2D eigenvalue weighted by molar-refractivity contribution is 0.373. The summed E-state index contributed by atoms with van der Waals surface area (Å²) >= 11 is 0. The molecule has 92 valence electrons. The van der Waals surface area contributed by atoms with Crippen molar-refractivity contribution in [2.45, 2.75) is 72.1 Å². The maximum Gasteiger partial charge on any atom is 0.0954 e. The van der Waals surface area contributed by atoms with Crippen LogP contribution >= 0.6 is 0 Å². The van der Waals surface area contributed by atoms with Crippen LogP contribution in [0.4, 0.5) is 0 Å². The smallest absolute Gasteiger partial charge is 0.0954 e. The molecule has 0 aromatic heterocycles. The van der Waals surface area contributed by atoms with E-state index in [9.17, 15) is 5.11 Å². The van der Waals surface area contributed by atoms with E-state index in [0.29, 0.717) is 5.76 Å². The Balaban J connectivity index is 2.80. The zero-order chi connectivity index (χ0) is 12.0. The summed E-state index contributed by atoms with van der Waals surface area (Å²) < 4.78 is 0. The van der Waals surface area contributed by atoms with Crippen LogP contribution in [-0.2, 0) is 0 Å². The SMILES string of the molecule is CC1=C(C)C(C)=C(O)CCCCCCCC1. The van der Waals surface area contributed by atoms with Gasteiger partial charge in [0, 0.05) is 6.42 Å². The van der Waals surface area contributed by atoms with Gasteiger partial charge in [-0.25, -0.2) is 0 Å². The van der Waals surface area contributed by atoms with Crippen molar-refractivity contribution in [1.29, 1.82) is 0 Å². The first-order valence-electron chi connectivity index (χ1n) is 6.68. The zero-order valence-electron chi connectivity index (χ0n) is 11.1. The molecule has 1 aliphatic carbocycles. The monoisotopic (exact) mass is 222 g/mol. The highest BCUT2D eigenvalue weighted by Gasteiger charge is 2.07. The first-order chi connectivity index (χ1) is 7.63. The molecular formula is C15H26O. The van der Waals surface area contributed by atoms with Gasteiger partial charge in [-0.05, 0) is 51.2 Å². The molecule has 0 heterocycles. The number of aliphatic hydroxyl groups is 1. The minimum Gasteiger partial charge on any atom is -0.512 e. The minimum absolute atomic E-state index is 0.609. The van der Waals surface area contributed by atoms with Crippen molar-refractivity contribution in [3.05, 3.63) is 22.5 Å². The molecule has 0 saturated carbocycles. The fourth-order valence-corrected chi connectivity index (χ4v) is 2.30. The van der Waals surface area contributed by atoms with Crippen LogP contribution in [0.5, 0.6) is 0 Å². The molecule has 0 unspecified atom stereocenters. The van der Waals surface area contributed by atoms with E-state index in [2.05, 4.69) is 20.8 Å². The first kappa shape index (κ1) is 13.3. The van der Waals surface area contributed by atoms with Gasteiger partial charge in [0.05, 0.1) is 5.76 Å². The van der Waals surface area contributed by atoms with Gasteiger partial charge in [-0.3, -0.25) is 0 Å². The number of hydrogen-bond donors (Lipinski definition) is 1. The van der Waals surface area contributed by atoms with Crippen molar-refractivity contribution in [1.82, 2.24) is 0 Å². The van der Waals surface area contributed by atoms with Crippen LogP contribution in [0.1, 0.15) is 72.1 Å². The molecule has 16 heavy (non-hydrogen) atoms. The van der Waals surface area contributed by atoms with Crippen molar-refractivity contribution in [2.24, 2.45) is 0 Å². The largest absolute Gasteiger partial charge is 0.512 e. The highest BCUT2D eigenvalue weighted by Crippen LogP contribution is 2.24. The lowest BCUT2D eigenvalue weighted by Crippen LogP contribution is -1.95. The van der Waals surface area contributed by atoms with E-state index in [1.807, 2.05) is 0 Å². The first-order valence-corrected chi connectivity index (χ1v) is 6.68. The second kappa shape index (κ2) is 6.78. The summed E-state index contributed by atoms with van der Waals surface area (Å²) in [5.74, 6) is 0.609. The average Bonchev–Trinajstić information content (AvgIpc) is 2.28. The van der Waals surface area contributed by atoms with Crippen LogP contribution in [-0.4, -0.2) is 5.11 Å². The molecule has 1 rings (SSSR count). The quantitative estimate of drug-likeness (QED) is 0.590. The van der Waals surface area contributed by atoms with Crippen molar-refractivity contribution in [2.75, 3.05) is 0 Å². The molecule has 0 bridgehead atoms. The van der Waals surface area contributed by atoms with Gasteiger partial charge in [0.2, 0.25) is 0 Å². The molecule has 0 aliphatic heterocycles. The number of rotatable bonds is 0. The highest BCUT2D eigenvalue weighted by atomic mass is 16.3. The van der Waals surface area contributed by atoms with Crippen LogP contribution < -0.4 is 0 Å². The predicted molar refractivity (Wildman–Crippen MR) is 70.6 cm³/mol. The summed E-state index contributed by atoms with van der Waals surface area (Å²) in [4.78, 5) is 0. The van der Waals surface area contributed by atoms with Crippen LogP contribution in [0, 0.1) is 0 Å². The second-order valence-electron chi connectivity index (χ2n) is 5.10. The minimum atomic E-state index is 0.609. The Morgan fingerprint density at radius 2 is 1.19 bits per heavy atom. The normalized spacial score (nSPS) is 21.7. The maximum absolute atomic E-state index is 10.00. The third kappa shape index (κ3) is 4.03. The van der Waals surface area contributed by atoms with Crippen molar-refractivity contribution in [3.8, 4) is 0 Å². The van der Waals surface area contributed by atoms with Gasteiger partial charge in [0.25, 0.3) is 0 Å². The Kier molecular flexibility index (Phi) is 5.65. The number of hydrogen-bond acceptors (Lipinski definition) is 1. The lowest BCUT2D eigenvalue weighted by Gasteiger charge is -2.13. The third-order valence-corrected chi connectivity index (χ3v) is 3.85. The van der Waals surface area contributed by atoms with Crippen LogP contribution in [0.25, 0.3) is 0 Å². The van der Waals surface area contributed by atoms with Crippen molar-refractivity contribution in [3.63, 3.8) is 0 Å². The molecule has 0 saturated heterocycles. The van der Waals surface area contributed by atoms with Gasteiger partial charge < -0.3 is 5.11 Å². The van der Waals surface area contributed by atoms with Gasteiger partial charge in [0.15, 0.2) is 0 Å². The summed E-state index contributed by atoms with van der Waals surface area (Å²) in [6.45, 7) is 6.41. The van der Waals surface area contributed by atoms with Crippen LogP contribution in [0.3, 0.4) is 0 Å². The van der Waals surface area contributed by atoms with Gasteiger partial charge in [-0.2, -0.15) is 0 Å². The summed E-state index contributed by atoms with van der Waals surface area (Å²) in [6.07, 6.45) is 9.79. The Labute approximate surface area is 100 Å². The third-order valence-electron chi connectivity index (χ3n) is 3.85. The molecule has 0 aromatic rings. The Hall–Kier alpha value is -0.720. The molecule has 0 radical (unpaired) electrons. The van der Waals surface area contributed by atoms with Gasteiger partial charge in [-0.1, -0.05) is 31.3 Å². The fraction of sp³-hybridized carbons (Fsp3) is 0.733. The summed E-state index contributed by atoms with van der Waals surface area (Å²) in [5.41, 5.74) is 3.86. The van der Waals surface area contributed by atoms with E-state index in [1.54, 1.807) is 0 Å². The molecule has 1 aliphatic rings. The number of aliphatic hydroxyl groups excluding tert-OH is 1. The molecule has 0 amide bonds. The topological polar surface area (TPSA) is 20.2 Å². The van der Waals surface area contributed by atoms with Gasteiger partial charge in [-0.15, -0.1) is 0 Å². The van der Waals surface area contributed by atoms with E-state index < -0.39 is 0 Å². The van der Waals surface area contributed by atoms with E-state index in [4.69, 9.17) is 0 Å². The van der Waals surface area contributed by atoms with Crippen molar-refractivity contribution < 1.29 is 5.11 Å². The second-order valence-corrected chi connectivity index (χ2v) is 5.10. The summed E-state index contributed by atoms with van der Waals surface area (Å²) in [6, 6.07) is 0. The Morgan fingerprint density at radius 3 is 1.81 bits per heavy atom. The summed E-state index contributed by atoms with van der Waals surface area (Å²) in [7, 11) is 0. The maximum atomic E-state index is 10.00. The Morgan fingerprint density at radius 1 is 0.688 bits per heavy atom. The molecule has 0 spiro atoms. The van der Waals surface area contributed by atoms with Crippen LogP contribution in [0.2, 0.25) is 0 Å². The average molecular weight is 222 g/mol. The molecular weight excluding hydrogens is 196 g/mol. The number of allylic oxidation sites excluding steroid dienone is 4. The van der Waals surface area contributed by atoms with Crippen LogP contribution in [0.15, 0.2) is 22.5 Å². The van der Waals surface area contributed by atoms with E-state index in [0.717, 1.165) is 18.4 Å². The standard InChI is InChI=1S/C15H26O/c1-12-10-8-6-4-5-7-9-11-15(16)14(3)13(12)2/h16H,4-11H2,1-3H3. The predicted octanol–water partition coefficient (Wildman–Crippen LogP) is 5.29. The van der Waals surface area contributed by atoms with E-state index in [1.165, 1.54) is 49.7 Å². The fourth-order valence-electron chi connectivity index (χ4n) is 2.30. The molecule has 0 fully saturated rings. The molecule has 1 N–H and O–H groups in total. The van der Waals surface area contributed by atoms with E-state index >= 15 is 0 Å². The molecule has 0 aromatic carbocycles. The summed E-state index contributed by atoms with van der Waals surface area (Å²) in [5, 5.41) is 10.00. The molecule has 1 nitrogen and oxygen atoms in total. The van der Waals surface area contributed by atoms with Gasteiger partial charge >= 0.3 is 0 Å².